The summed E-state index contributed by atoms with van der Waals surface area (Å²) in [7, 11) is -1.91. The molecule has 0 aliphatic rings. The zero-order valence-corrected chi connectivity index (χ0v) is 11.8. The van der Waals surface area contributed by atoms with Crippen molar-refractivity contribution in [2.45, 2.75) is 12.8 Å². The van der Waals surface area contributed by atoms with Crippen molar-refractivity contribution in [3.05, 3.63) is 29.8 Å². The molecular weight excluding hydrogens is 268 g/mol. The van der Waals surface area contributed by atoms with Crippen LogP contribution in [0.3, 0.4) is 0 Å². The van der Waals surface area contributed by atoms with Crippen LogP contribution >= 0.6 is 0 Å². The van der Waals surface area contributed by atoms with Crippen LogP contribution in [0.5, 0.6) is 0 Å². The van der Waals surface area contributed by atoms with Gasteiger partial charge >= 0.3 is 6.09 Å². The molecule has 0 unspecified atom stereocenters. The second-order valence-corrected chi connectivity index (χ2v) is 5.84. The van der Waals surface area contributed by atoms with Gasteiger partial charge in [0.2, 0.25) is 10.0 Å². The van der Waals surface area contributed by atoms with Gasteiger partial charge in [-0.05, 0) is 30.5 Å². The van der Waals surface area contributed by atoms with Gasteiger partial charge in [-0.3, -0.25) is 4.72 Å². The largest absolute Gasteiger partial charge is 0.453 e. The monoisotopic (exact) mass is 286 g/mol. The van der Waals surface area contributed by atoms with Crippen molar-refractivity contribution in [1.82, 2.24) is 5.32 Å². The van der Waals surface area contributed by atoms with Gasteiger partial charge in [0, 0.05) is 12.2 Å². The normalized spacial score (nSPS) is 10.8. The van der Waals surface area contributed by atoms with Crippen LogP contribution in [0.4, 0.5) is 10.5 Å². The van der Waals surface area contributed by atoms with Crippen LogP contribution in [0.25, 0.3) is 0 Å². The van der Waals surface area contributed by atoms with Crippen molar-refractivity contribution in [2.24, 2.45) is 0 Å². The predicted octanol–water partition coefficient (Wildman–Crippen LogP) is 1.35. The number of ether oxygens (including phenoxy) is 1. The minimum atomic E-state index is -3.23. The van der Waals surface area contributed by atoms with Crippen LogP contribution in [0.15, 0.2) is 24.3 Å². The molecule has 0 aliphatic heterocycles. The maximum absolute atomic E-state index is 11.0. The zero-order chi connectivity index (χ0) is 14.3. The van der Waals surface area contributed by atoms with Crippen LogP contribution in [0.2, 0.25) is 0 Å². The average Bonchev–Trinajstić information content (AvgIpc) is 2.34. The first-order chi connectivity index (χ1) is 8.90. The van der Waals surface area contributed by atoms with Crippen molar-refractivity contribution in [2.75, 3.05) is 24.6 Å². The quantitative estimate of drug-likeness (QED) is 0.773. The number of carbonyl (C=O) groups excluding carboxylic acids is 1. The average molecular weight is 286 g/mol. The number of rotatable bonds is 6. The Bertz CT molecular complexity index is 511. The smallest absolute Gasteiger partial charge is 0.406 e. The summed E-state index contributed by atoms with van der Waals surface area (Å²) >= 11 is 0. The first-order valence-electron chi connectivity index (χ1n) is 5.79. The molecule has 0 bridgehead atoms. The highest BCUT2D eigenvalue weighted by Gasteiger charge is 2.02. The molecular formula is C12H18N2O4S. The number of alkyl carbamates (subject to hydrolysis) is 1. The van der Waals surface area contributed by atoms with E-state index in [4.69, 9.17) is 0 Å². The second-order valence-electron chi connectivity index (χ2n) is 4.09. The molecule has 0 aliphatic carbocycles. The number of methoxy groups -OCH3 is 1. The molecule has 0 aromatic heterocycles. The van der Waals surface area contributed by atoms with Crippen LogP contribution in [0, 0.1) is 0 Å². The number of benzene rings is 1. The molecule has 6 nitrogen and oxygen atoms in total. The van der Waals surface area contributed by atoms with E-state index in [1.54, 1.807) is 12.1 Å². The van der Waals surface area contributed by atoms with Gasteiger partial charge in [-0.1, -0.05) is 12.1 Å². The Kier molecular flexibility index (Phi) is 5.62. The summed E-state index contributed by atoms with van der Waals surface area (Å²) in [5, 5.41) is 2.59. The van der Waals surface area contributed by atoms with Crippen molar-refractivity contribution < 1.29 is 17.9 Å². The predicted molar refractivity (Wildman–Crippen MR) is 73.6 cm³/mol. The first-order valence-corrected chi connectivity index (χ1v) is 7.68. The first kappa shape index (κ1) is 15.3. The Morgan fingerprint density at radius 1 is 1.26 bits per heavy atom. The Morgan fingerprint density at radius 3 is 2.42 bits per heavy atom. The van der Waals surface area contributed by atoms with Gasteiger partial charge in [-0.25, -0.2) is 13.2 Å². The van der Waals surface area contributed by atoms with E-state index in [1.807, 2.05) is 12.1 Å². The Balaban J connectivity index is 2.38. The molecule has 0 radical (unpaired) electrons. The standard InChI is InChI=1S/C12H18N2O4S/c1-18-12(15)13-9-3-4-10-5-7-11(8-6-10)14-19(2,16)17/h5-8,14H,3-4,9H2,1-2H3,(H,13,15). The van der Waals surface area contributed by atoms with Gasteiger partial charge in [0.05, 0.1) is 13.4 Å². The number of hydrogen-bond acceptors (Lipinski definition) is 4. The third-order valence-electron chi connectivity index (χ3n) is 2.35. The van der Waals surface area contributed by atoms with Crippen LogP contribution < -0.4 is 10.0 Å². The van der Waals surface area contributed by atoms with Gasteiger partial charge in [-0.15, -0.1) is 0 Å². The Hall–Kier alpha value is -1.76. The van der Waals surface area contributed by atoms with Crippen LogP contribution in [0.1, 0.15) is 12.0 Å². The second kappa shape index (κ2) is 6.98. The van der Waals surface area contributed by atoms with Gasteiger partial charge in [0.25, 0.3) is 0 Å². The van der Waals surface area contributed by atoms with Gasteiger partial charge in [0.15, 0.2) is 0 Å². The SMILES string of the molecule is COC(=O)NCCCc1ccc(NS(C)(=O)=O)cc1. The molecule has 2 N–H and O–H groups in total. The van der Waals surface area contributed by atoms with Crippen molar-refractivity contribution in [1.29, 1.82) is 0 Å². The Morgan fingerprint density at radius 2 is 1.89 bits per heavy atom. The lowest BCUT2D eigenvalue weighted by atomic mass is 10.1. The molecule has 0 fully saturated rings. The summed E-state index contributed by atoms with van der Waals surface area (Å²) in [4.78, 5) is 10.8. The Labute approximate surface area is 113 Å². The van der Waals surface area contributed by atoms with E-state index in [0.717, 1.165) is 24.7 Å². The summed E-state index contributed by atoms with van der Waals surface area (Å²) in [6.07, 6.45) is 2.25. The third-order valence-corrected chi connectivity index (χ3v) is 2.96. The molecule has 0 saturated heterocycles. The summed E-state index contributed by atoms with van der Waals surface area (Å²) in [5.74, 6) is 0. The molecule has 1 aromatic rings. The molecule has 0 saturated carbocycles. The van der Waals surface area contributed by atoms with E-state index in [9.17, 15) is 13.2 Å². The number of amides is 1. The number of nitrogens with one attached hydrogen (secondary N) is 2. The molecule has 0 heterocycles. The van der Waals surface area contributed by atoms with Gasteiger partial charge in [0.1, 0.15) is 0 Å². The fourth-order valence-electron chi connectivity index (χ4n) is 1.51. The molecule has 0 atom stereocenters. The van der Waals surface area contributed by atoms with Crippen LogP contribution in [-0.4, -0.2) is 34.4 Å². The van der Waals surface area contributed by atoms with Crippen LogP contribution in [-0.2, 0) is 21.2 Å². The highest BCUT2D eigenvalue weighted by molar-refractivity contribution is 7.92. The minimum Gasteiger partial charge on any atom is -0.453 e. The topological polar surface area (TPSA) is 84.5 Å². The zero-order valence-electron chi connectivity index (χ0n) is 11.0. The molecule has 19 heavy (non-hydrogen) atoms. The lowest BCUT2D eigenvalue weighted by Gasteiger charge is -2.06. The van der Waals surface area contributed by atoms with E-state index in [-0.39, 0.29) is 0 Å². The molecule has 7 heteroatoms. The number of carbonyl (C=O) groups is 1. The highest BCUT2D eigenvalue weighted by Crippen LogP contribution is 2.11. The lowest BCUT2D eigenvalue weighted by Crippen LogP contribution is -2.24. The van der Waals surface area contributed by atoms with Gasteiger partial charge < -0.3 is 10.1 Å². The van der Waals surface area contributed by atoms with Crippen molar-refractivity contribution in [3.63, 3.8) is 0 Å². The van der Waals surface area contributed by atoms with Crippen molar-refractivity contribution >= 4 is 21.8 Å². The molecule has 1 rings (SSSR count). The summed E-state index contributed by atoms with van der Waals surface area (Å²) in [6.45, 7) is 0.538. The lowest BCUT2D eigenvalue weighted by molar-refractivity contribution is 0.171. The summed E-state index contributed by atoms with van der Waals surface area (Å²) in [6, 6.07) is 7.13. The summed E-state index contributed by atoms with van der Waals surface area (Å²) in [5.41, 5.74) is 1.62. The fraction of sp³-hybridized carbons (Fsp3) is 0.417. The minimum absolute atomic E-state index is 0.437. The van der Waals surface area contributed by atoms with Crippen molar-refractivity contribution in [3.8, 4) is 0 Å². The fourth-order valence-corrected chi connectivity index (χ4v) is 2.07. The highest BCUT2D eigenvalue weighted by atomic mass is 32.2. The molecule has 106 valence electrons. The van der Waals surface area contributed by atoms with E-state index in [1.165, 1.54) is 7.11 Å². The maximum atomic E-state index is 11.0. The molecule has 1 amide bonds. The van der Waals surface area contributed by atoms with E-state index < -0.39 is 16.1 Å². The van der Waals surface area contributed by atoms with E-state index in [0.29, 0.717) is 12.2 Å². The number of aryl methyl sites for hydroxylation is 1. The van der Waals surface area contributed by atoms with E-state index >= 15 is 0 Å². The molecule has 0 spiro atoms. The van der Waals surface area contributed by atoms with E-state index in [2.05, 4.69) is 14.8 Å². The third kappa shape index (κ3) is 6.66. The number of hydrogen-bond donors (Lipinski definition) is 2. The summed E-state index contributed by atoms with van der Waals surface area (Å²) < 4.78 is 28.9. The number of sulfonamides is 1. The van der Waals surface area contributed by atoms with Gasteiger partial charge in [-0.2, -0.15) is 0 Å². The maximum Gasteiger partial charge on any atom is 0.406 e. The molecule has 1 aromatic carbocycles. The number of anilines is 1.